The number of aliphatic hydroxyl groups excluding tert-OH is 1. The van der Waals surface area contributed by atoms with Crippen LogP contribution in [0.4, 0.5) is 0 Å². The second-order valence-corrected chi connectivity index (χ2v) is 5.33. The summed E-state index contributed by atoms with van der Waals surface area (Å²) in [4.78, 5) is 0. The van der Waals surface area contributed by atoms with Crippen molar-refractivity contribution in [2.45, 2.75) is 25.6 Å². The number of halogens is 1. The number of hydrogen-bond donors (Lipinski definition) is 1. The SMILES string of the molecule is Cc1ccccc1C1C[C@@H](O)c2cc(Cl)ccc2O1. The molecule has 3 heteroatoms. The lowest BCUT2D eigenvalue weighted by Gasteiger charge is -2.30. The zero-order valence-corrected chi connectivity index (χ0v) is 11.4. The number of rotatable bonds is 1. The van der Waals surface area contributed by atoms with E-state index in [1.165, 1.54) is 5.56 Å². The standard InChI is InChI=1S/C16H15ClO2/c1-10-4-2-3-5-12(10)16-9-14(18)13-8-11(17)6-7-15(13)19-16/h2-8,14,16,18H,9H2,1H3/t14-,16?/m1/s1. The van der Waals surface area contributed by atoms with Gasteiger partial charge in [0.2, 0.25) is 0 Å². The molecule has 1 heterocycles. The summed E-state index contributed by atoms with van der Waals surface area (Å²) in [5.74, 6) is 0.719. The molecule has 19 heavy (non-hydrogen) atoms. The third kappa shape index (κ3) is 2.34. The molecule has 98 valence electrons. The van der Waals surface area contributed by atoms with E-state index < -0.39 is 6.10 Å². The maximum atomic E-state index is 10.3. The number of fused-ring (bicyclic) bond motifs is 1. The van der Waals surface area contributed by atoms with Gasteiger partial charge < -0.3 is 9.84 Å². The predicted molar refractivity (Wildman–Crippen MR) is 75.6 cm³/mol. The largest absolute Gasteiger partial charge is 0.485 e. The molecule has 0 saturated carbocycles. The summed E-state index contributed by atoms with van der Waals surface area (Å²) in [5.41, 5.74) is 3.08. The number of benzene rings is 2. The average molecular weight is 275 g/mol. The fraction of sp³-hybridized carbons (Fsp3) is 0.250. The van der Waals surface area contributed by atoms with Gasteiger partial charge >= 0.3 is 0 Å². The summed E-state index contributed by atoms with van der Waals surface area (Å²) in [5, 5.41) is 10.9. The molecule has 1 aliphatic rings. The van der Waals surface area contributed by atoms with Crippen molar-refractivity contribution in [1.29, 1.82) is 0 Å². The highest BCUT2D eigenvalue weighted by molar-refractivity contribution is 6.30. The van der Waals surface area contributed by atoms with Crippen molar-refractivity contribution in [3.63, 3.8) is 0 Å². The minimum atomic E-state index is -0.535. The molecule has 0 bridgehead atoms. The van der Waals surface area contributed by atoms with Gasteiger partial charge in [-0.25, -0.2) is 0 Å². The van der Waals surface area contributed by atoms with Gasteiger partial charge in [-0.1, -0.05) is 35.9 Å². The van der Waals surface area contributed by atoms with Gasteiger partial charge in [0, 0.05) is 17.0 Å². The first-order chi connectivity index (χ1) is 9.15. The molecule has 0 radical (unpaired) electrons. The maximum absolute atomic E-state index is 10.3. The Bertz CT molecular complexity index is 609. The lowest BCUT2D eigenvalue weighted by atomic mass is 9.93. The van der Waals surface area contributed by atoms with Crippen LogP contribution in [0, 0.1) is 6.92 Å². The van der Waals surface area contributed by atoms with Crippen molar-refractivity contribution in [2.24, 2.45) is 0 Å². The Hall–Kier alpha value is -1.51. The summed E-state index contributed by atoms with van der Waals surface area (Å²) in [7, 11) is 0. The molecule has 0 fully saturated rings. The fourth-order valence-electron chi connectivity index (χ4n) is 2.56. The monoisotopic (exact) mass is 274 g/mol. The number of aryl methyl sites for hydroxylation is 1. The first kappa shape index (κ1) is 12.5. The lowest BCUT2D eigenvalue weighted by Crippen LogP contribution is -2.19. The summed E-state index contributed by atoms with van der Waals surface area (Å²) in [6.45, 7) is 2.06. The molecule has 2 aromatic carbocycles. The van der Waals surface area contributed by atoms with E-state index in [0.717, 1.165) is 16.9 Å². The second kappa shape index (κ2) is 4.87. The van der Waals surface area contributed by atoms with Crippen LogP contribution in [0.2, 0.25) is 5.02 Å². The smallest absolute Gasteiger partial charge is 0.127 e. The van der Waals surface area contributed by atoms with E-state index in [0.29, 0.717) is 11.4 Å². The normalized spacial score (nSPS) is 21.6. The van der Waals surface area contributed by atoms with Gasteiger partial charge in [-0.05, 0) is 36.2 Å². The highest BCUT2D eigenvalue weighted by Crippen LogP contribution is 2.42. The molecule has 1 aliphatic heterocycles. The first-order valence-corrected chi connectivity index (χ1v) is 6.72. The van der Waals surface area contributed by atoms with E-state index in [1.54, 1.807) is 12.1 Å². The van der Waals surface area contributed by atoms with Gasteiger partial charge in [0.15, 0.2) is 0 Å². The minimum Gasteiger partial charge on any atom is -0.485 e. The lowest BCUT2D eigenvalue weighted by molar-refractivity contribution is 0.0655. The van der Waals surface area contributed by atoms with Crippen molar-refractivity contribution in [1.82, 2.24) is 0 Å². The van der Waals surface area contributed by atoms with Gasteiger partial charge in [-0.3, -0.25) is 0 Å². The van der Waals surface area contributed by atoms with Crippen molar-refractivity contribution < 1.29 is 9.84 Å². The second-order valence-electron chi connectivity index (χ2n) is 4.90. The summed E-state index contributed by atoms with van der Waals surface area (Å²) >= 11 is 5.95. The maximum Gasteiger partial charge on any atom is 0.127 e. The molecule has 1 unspecified atom stereocenters. The Kier molecular flexibility index (Phi) is 3.21. The number of hydrogen-bond acceptors (Lipinski definition) is 2. The van der Waals surface area contributed by atoms with Gasteiger partial charge in [0.1, 0.15) is 11.9 Å². The Labute approximate surface area is 117 Å². The number of ether oxygens (including phenoxy) is 1. The Morgan fingerprint density at radius 1 is 1.16 bits per heavy atom. The minimum absolute atomic E-state index is 0.107. The summed E-state index contributed by atoms with van der Waals surface area (Å²) < 4.78 is 6.01. The molecule has 0 amide bonds. The van der Waals surface area contributed by atoms with E-state index in [1.807, 2.05) is 24.3 Å². The topological polar surface area (TPSA) is 29.5 Å². The molecule has 2 nitrogen and oxygen atoms in total. The Morgan fingerprint density at radius 3 is 2.74 bits per heavy atom. The van der Waals surface area contributed by atoms with Crippen molar-refractivity contribution in [3.8, 4) is 5.75 Å². The molecule has 0 saturated heterocycles. The van der Waals surface area contributed by atoms with Gasteiger partial charge in [0.25, 0.3) is 0 Å². The van der Waals surface area contributed by atoms with Crippen LogP contribution in [-0.2, 0) is 0 Å². The molecule has 3 rings (SSSR count). The Balaban J connectivity index is 1.97. The molecule has 2 atom stereocenters. The van der Waals surface area contributed by atoms with Crippen LogP contribution in [0.5, 0.6) is 5.75 Å². The highest BCUT2D eigenvalue weighted by Gasteiger charge is 2.28. The molecule has 0 aromatic heterocycles. The molecule has 0 aliphatic carbocycles. The molecule has 2 aromatic rings. The summed E-state index contributed by atoms with van der Waals surface area (Å²) in [6, 6.07) is 13.5. The number of aliphatic hydroxyl groups is 1. The van der Waals surface area contributed by atoms with Crippen LogP contribution >= 0.6 is 11.6 Å². The molecule has 0 spiro atoms. The molecular weight excluding hydrogens is 260 g/mol. The molecular formula is C16H15ClO2. The predicted octanol–water partition coefficient (Wildman–Crippen LogP) is 4.21. The van der Waals surface area contributed by atoms with Gasteiger partial charge in [-0.2, -0.15) is 0 Å². The zero-order valence-electron chi connectivity index (χ0n) is 10.6. The van der Waals surface area contributed by atoms with Crippen molar-refractivity contribution in [2.75, 3.05) is 0 Å². The Morgan fingerprint density at radius 2 is 1.95 bits per heavy atom. The van der Waals surface area contributed by atoms with E-state index in [4.69, 9.17) is 16.3 Å². The van der Waals surface area contributed by atoms with Gasteiger partial charge in [-0.15, -0.1) is 0 Å². The fourth-order valence-corrected chi connectivity index (χ4v) is 2.74. The first-order valence-electron chi connectivity index (χ1n) is 6.35. The quantitative estimate of drug-likeness (QED) is 0.844. The third-order valence-electron chi connectivity index (χ3n) is 3.57. The van der Waals surface area contributed by atoms with E-state index in [9.17, 15) is 5.11 Å². The third-order valence-corrected chi connectivity index (χ3v) is 3.81. The van der Waals surface area contributed by atoms with Crippen LogP contribution in [0.3, 0.4) is 0 Å². The molecule has 1 N–H and O–H groups in total. The zero-order chi connectivity index (χ0) is 13.4. The summed E-state index contributed by atoms with van der Waals surface area (Å²) in [6.07, 6.45) is -0.0880. The van der Waals surface area contributed by atoms with E-state index in [-0.39, 0.29) is 6.10 Å². The van der Waals surface area contributed by atoms with Crippen LogP contribution in [-0.4, -0.2) is 5.11 Å². The van der Waals surface area contributed by atoms with E-state index in [2.05, 4.69) is 13.0 Å². The van der Waals surface area contributed by atoms with Crippen LogP contribution < -0.4 is 4.74 Å². The van der Waals surface area contributed by atoms with Crippen molar-refractivity contribution in [3.05, 3.63) is 64.2 Å². The van der Waals surface area contributed by atoms with Crippen LogP contribution in [0.1, 0.15) is 35.3 Å². The van der Waals surface area contributed by atoms with Gasteiger partial charge in [0.05, 0.1) is 6.10 Å². The van der Waals surface area contributed by atoms with Crippen molar-refractivity contribution >= 4 is 11.6 Å². The van der Waals surface area contributed by atoms with E-state index >= 15 is 0 Å². The highest BCUT2D eigenvalue weighted by atomic mass is 35.5. The average Bonchev–Trinajstić information content (AvgIpc) is 2.40. The van der Waals surface area contributed by atoms with Crippen LogP contribution in [0.15, 0.2) is 42.5 Å². The van der Waals surface area contributed by atoms with Crippen LogP contribution in [0.25, 0.3) is 0 Å².